The maximum absolute atomic E-state index is 13.4. The van der Waals surface area contributed by atoms with Gasteiger partial charge in [0.2, 0.25) is 5.91 Å². The van der Waals surface area contributed by atoms with Crippen LogP contribution in [-0.4, -0.2) is 59.7 Å². The SMILES string of the molecule is C=CCC[C@@H](O)CN(CCC)CC(=O)N1CCc2sccc2[C@H]1COc1ccccc1. The van der Waals surface area contributed by atoms with Crippen LogP contribution < -0.4 is 4.74 Å². The third-order valence-corrected chi connectivity index (χ3v) is 6.63. The van der Waals surface area contributed by atoms with Crippen LogP contribution in [0.4, 0.5) is 0 Å². The summed E-state index contributed by atoms with van der Waals surface area (Å²) in [5, 5.41) is 12.4. The van der Waals surface area contributed by atoms with E-state index in [-0.39, 0.29) is 11.9 Å². The average molecular weight is 443 g/mol. The number of aliphatic hydroxyl groups is 1. The molecule has 1 aliphatic heterocycles. The number of aliphatic hydroxyl groups excluding tert-OH is 1. The van der Waals surface area contributed by atoms with Gasteiger partial charge in [-0.15, -0.1) is 17.9 Å². The number of hydrogen-bond donors (Lipinski definition) is 1. The van der Waals surface area contributed by atoms with Gasteiger partial charge in [-0.1, -0.05) is 31.2 Å². The second-order valence-electron chi connectivity index (χ2n) is 8.03. The molecule has 1 aliphatic rings. The van der Waals surface area contributed by atoms with E-state index in [1.807, 2.05) is 41.3 Å². The van der Waals surface area contributed by atoms with Crippen molar-refractivity contribution >= 4 is 17.2 Å². The summed E-state index contributed by atoms with van der Waals surface area (Å²) in [5.41, 5.74) is 1.20. The van der Waals surface area contributed by atoms with Gasteiger partial charge in [0.05, 0.1) is 18.7 Å². The molecular formula is C25H34N2O3S. The Morgan fingerprint density at radius 1 is 1.39 bits per heavy atom. The van der Waals surface area contributed by atoms with Crippen molar-refractivity contribution in [2.75, 3.05) is 32.8 Å². The highest BCUT2D eigenvalue weighted by molar-refractivity contribution is 7.10. The number of fused-ring (bicyclic) bond motifs is 1. The summed E-state index contributed by atoms with van der Waals surface area (Å²) in [7, 11) is 0. The van der Waals surface area contributed by atoms with Crippen LogP contribution in [0.1, 0.15) is 42.7 Å². The van der Waals surface area contributed by atoms with E-state index in [0.29, 0.717) is 32.7 Å². The Morgan fingerprint density at radius 2 is 2.19 bits per heavy atom. The Hall–Kier alpha value is -2.15. The van der Waals surface area contributed by atoms with Crippen LogP contribution in [-0.2, 0) is 11.2 Å². The minimum absolute atomic E-state index is 0.0862. The molecule has 1 amide bonds. The molecule has 2 atom stereocenters. The molecule has 0 unspecified atom stereocenters. The van der Waals surface area contributed by atoms with E-state index in [9.17, 15) is 9.90 Å². The summed E-state index contributed by atoms with van der Waals surface area (Å²) in [4.78, 5) is 18.8. The number of carbonyl (C=O) groups excluding carboxylic acids is 1. The van der Waals surface area contributed by atoms with Crippen LogP contribution in [0.2, 0.25) is 0 Å². The molecular weight excluding hydrogens is 408 g/mol. The summed E-state index contributed by atoms with van der Waals surface area (Å²) in [6.45, 7) is 8.59. The zero-order valence-electron chi connectivity index (χ0n) is 18.4. The molecule has 0 aliphatic carbocycles. The highest BCUT2D eigenvalue weighted by atomic mass is 32.1. The molecule has 0 fully saturated rings. The number of para-hydroxylation sites is 1. The number of allylic oxidation sites excluding steroid dienone is 1. The fourth-order valence-corrected chi connectivity index (χ4v) is 5.03. The molecule has 2 heterocycles. The first-order chi connectivity index (χ1) is 15.1. The van der Waals surface area contributed by atoms with Crippen molar-refractivity contribution in [1.82, 2.24) is 9.80 Å². The second-order valence-corrected chi connectivity index (χ2v) is 9.03. The van der Waals surface area contributed by atoms with Crippen LogP contribution in [0, 0.1) is 0 Å². The first-order valence-electron chi connectivity index (χ1n) is 11.2. The molecule has 1 aromatic heterocycles. The maximum atomic E-state index is 13.4. The van der Waals surface area contributed by atoms with Crippen LogP contribution in [0.3, 0.4) is 0 Å². The highest BCUT2D eigenvalue weighted by Crippen LogP contribution is 2.34. The van der Waals surface area contributed by atoms with Gasteiger partial charge in [-0.25, -0.2) is 0 Å². The van der Waals surface area contributed by atoms with Crippen molar-refractivity contribution in [1.29, 1.82) is 0 Å². The van der Waals surface area contributed by atoms with Gasteiger partial charge in [-0.2, -0.15) is 0 Å². The molecule has 31 heavy (non-hydrogen) atoms. The third kappa shape index (κ3) is 6.66. The van der Waals surface area contributed by atoms with E-state index in [4.69, 9.17) is 4.74 Å². The molecule has 2 aromatic rings. The molecule has 168 valence electrons. The number of nitrogens with zero attached hydrogens (tertiary/aromatic N) is 2. The van der Waals surface area contributed by atoms with E-state index in [1.165, 1.54) is 10.4 Å². The lowest BCUT2D eigenvalue weighted by Gasteiger charge is -2.37. The third-order valence-electron chi connectivity index (χ3n) is 5.64. The smallest absolute Gasteiger partial charge is 0.237 e. The van der Waals surface area contributed by atoms with Crippen molar-refractivity contribution in [2.24, 2.45) is 0 Å². The fourth-order valence-electron chi connectivity index (χ4n) is 4.10. The Kier molecular flexibility index (Phi) is 9.13. The van der Waals surface area contributed by atoms with Gasteiger partial charge in [-0.3, -0.25) is 9.69 Å². The summed E-state index contributed by atoms with van der Waals surface area (Å²) >= 11 is 1.76. The molecule has 0 saturated heterocycles. The summed E-state index contributed by atoms with van der Waals surface area (Å²) in [6.07, 6.45) is 4.66. The van der Waals surface area contributed by atoms with Crippen molar-refractivity contribution in [3.63, 3.8) is 0 Å². The molecule has 1 aromatic carbocycles. The van der Waals surface area contributed by atoms with E-state index >= 15 is 0 Å². The van der Waals surface area contributed by atoms with Gasteiger partial charge in [-0.05, 0) is 61.4 Å². The Labute approximate surface area is 189 Å². The predicted molar refractivity (Wildman–Crippen MR) is 127 cm³/mol. The lowest BCUT2D eigenvalue weighted by Crippen LogP contribution is -2.47. The Bertz CT molecular complexity index is 823. The fraction of sp³-hybridized carbons (Fsp3) is 0.480. The highest BCUT2D eigenvalue weighted by Gasteiger charge is 2.33. The minimum Gasteiger partial charge on any atom is -0.491 e. The number of benzene rings is 1. The molecule has 0 bridgehead atoms. The van der Waals surface area contributed by atoms with E-state index in [1.54, 1.807) is 11.3 Å². The first-order valence-corrected chi connectivity index (χ1v) is 12.0. The van der Waals surface area contributed by atoms with Crippen LogP contribution in [0.15, 0.2) is 54.4 Å². The van der Waals surface area contributed by atoms with Gasteiger partial charge >= 0.3 is 0 Å². The van der Waals surface area contributed by atoms with Crippen molar-refractivity contribution in [3.8, 4) is 5.75 Å². The average Bonchev–Trinajstić information content (AvgIpc) is 3.26. The quantitative estimate of drug-likeness (QED) is 0.498. The Balaban J connectivity index is 1.68. The van der Waals surface area contributed by atoms with Crippen molar-refractivity contribution < 1.29 is 14.6 Å². The maximum Gasteiger partial charge on any atom is 0.237 e. The predicted octanol–water partition coefficient (Wildman–Crippen LogP) is 4.29. The summed E-state index contributed by atoms with van der Waals surface area (Å²) < 4.78 is 6.06. The molecule has 0 radical (unpaired) electrons. The summed E-state index contributed by atoms with van der Waals surface area (Å²) in [5.74, 6) is 0.915. The number of rotatable bonds is 12. The standard InChI is InChI=1S/C25H34N2O3S/c1-3-5-9-20(28)17-26(14-4-2)18-25(29)27-15-12-24-22(13-16-31-24)23(27)19-30-21-10-7-6-8-11-21/h3,6-8,10-11,13,16,20,23,28H,1,4-5,9,12,14-15,17-19H2,2H3/t20-,23-/m1/s1. The van der Waals surface area contributed by atoms with Crippen LogP contribution >= 0.6 is 11.3 Å². The van der Waals surface area contributed by atoms with Gasteiger partial charge in [0.15, 0.2) is 0 Å². The van der Waals surface area contributed by atoms with Gasteiger partial charge < -0.3 is 14.7 Å². The zero-order chi connectivity index (χ0) is 22.1. The Morgan fingerprint density at radius 3 is 2.94 bits per heavy atom. The lowest BCUT2D eigenvalue weighted by molar-refractivity contribution is -0.136. The molecule has 3 rings (SSSR count). The first kappa shape index (κ1) is 23.5. The topological polar surface area (TPSA) is 53.0 Å². The van der Waals surface area contributed by atoms with Gasteiger partial charge in [0, 0.05) is 18.0 Å². The largest absolute Gasteiger partial charge is 0.491 e. The molecule has 6 heteroatoms. The van der Waals surface area contributed by atoms with Gasteiger partial charge in [0.1, 0.15) is 12.4 Å². The lowest BCUT2D eigenvalue weighted by atomic mass is 10.0. The van der Waals surface area contributed by atoms with E-state index in [0.717, 1.165) is 31.6 Å². The van der Waals surface area contributed by atoms with Crippen LogP contribution in [0.25, 0.3) is 0 Å². The molecule has 1 N–H and O–H groups in total. The van der Waals surface area contributed by atoms with Gasteiger partial charge in [0.25, 0.3) is 0 Å². The van der Waals surface area contributed by atoms with Crippen LogP contribution in [0.5, 0.6) is 5.75 Å². The number of hydrogen-bond acceptors (Lipinski definition) is 5. The monoisotopic (exact) mass is 442 g/mol. The van der Waals surface area contributed by atoms with Crippen molar-refractivity contribution in [2.45, 2.75) is 44.8 Å². The van der Waals surface area contributed by atoms with Crippen molar-refractivity contribution in [3.05, 3.63) is 64.9 Å². The number of carbonyl (C=O) groups is 1. The number of ether oxygens (including phenoxy) is 1. The molecule has 0 spiro atoms. The van der Waals surface area contributed by atoms with E-state index < -0.39 is 6.10 Å². The number of amides is 1. The zero-order valence-corrected chi connectivity index (χ0v) is 19.2. The molecule has 5 nitrogen and oxygen atoms in total. The second kappa shape index (κ2) is 12.0. The molecule has 0 saturated carbocycles. The van der Waals surface area contributed by atoms with E-state index in [2.05, 4.69) is 29.8 Å². The normalized spacial score (nSPS) is 16.7. The summed E-state index contributed by atoms with van der Waals surface area (Å²) in [6, 6.07) is 11.8. The minimum atomic E-state index is -0.445. The number of thiophene rings is 1.